The van der Waals surface area contributed by atoms with E-state index < -0.39 is 14.1 Å². The Hall–Kier alpha value is 0.283. The minimum atomic E-state index is -3.32. The molecule has 0 bridgehead atoms. The maximum atomic E-state index is 4.03. The first-order chi connectivity index (χ1) is 7.49. The van der Waals surface area contributed by atoms with Crippen LogP contribution in [0, 0.1) is 0 Å². The van der Waals surface area contributed by atoms with Gasteiger partial charge in [0.1, 0.15) is 0 Å². The summed E-state index contributed by atoms with van der Waals surface area (Å²) in [6.07, 6.45) is 0. The summed E-state index contributed by atoms with van der Waals surface area (Å²) in [5.41, 5.74) is 0. The van der Waals surface area contributed by atoms with Crippen molar-refractivity contribution < 1.29 is 0 Å². The van der Waals surface area contributed by atoms with Gasteiger partial charge in [-0.25, -0.2) is 0 Å². The first-order valence-electron chi connectivity index (χ1n) is 5.05. The summed E-state index contributed by atoms with van der Waals surface area (Å²) in [5, 5.41) is 0. The van der Waals surface area contributed by atoms with Crippen LogP contribution in [0.2, 0.25) is 4.63 Å². The van der Waals surface area contributed by atoms with Crippen molar-refractivity contribution in [3.63, 3.8) is 0 Å². The van der Waals surface area contributed by atoms with Gasteiger partial charge in [-0.15, -0.1) is 0 Å². The molecule has 0 aliphatic heterocycles. The summed E-state index contributed by atoms with van der Waals surface area (Å²) < 4.78 is 5.11. The molecule has 2 aromatic carbocycles. The van der Waals surface area contributed by atoms with Crippen molar-refractivity contribution in [2.24, 2.45) is 0 Å². The normalized spacial score (nSPS) is 14.1. The molecule has 0 N–H and O–H groups in total. The van der Waals surface area contributed by atoms with Gasteiger partial charge < -0.3 is 0 Å². The molecule has 0 spiro atoms. The monoisotopic (exact) mass is 536 g/mol. The van der Waals surface area contributed by atoms with E-state index in [1.165, 1.54) is 6.54 Å². The van der Waals surface area contributed by atoms with Crippen LogP contribution in [0.1, 0.15) is 0 Å². The number of hydrogen-bond donors (Lipinski definition) is 0. The fourth-order valence-corrected chi connectivity index (χ4v) is 17.7. The summed E-state index contributed by atoms with van der Waals surface area (Å²) in [6.45, 7) is 0. The predicted molar refractivity (Wildman–Crippen MR) is 81.6 cm³/mol. The Morgan fingerprint density at radius 1 is 0.688 bits per heavy atom. The van der Waals surface area contributed by atoms with Gasteiger partial charge in [0.2, 0.25) is 0 Å². The number of benzene rings is 2. The van der Waals surface area contributed by atoms with Gasteiger partial charge in [-0.05, 0) is 0 Å². The second-order valence-corrected chi connectivity index (χ2v) is 57.6. The zero-order valence-electron chi connectivity index (χ0n) is 8.98. The maximum absolute atomic E-state index is 4.03. The molecule has 84 valence electrons. The second-order valence-electron chi connectivity index (χ2n) is 3.97. The van der Waals surface area contributed by atoms with Crippen molar-refractivity contribution in [1.29, 1.82) is 0 Å². The zero-order chi connectivity index (χ0) is 11.7. The molecule has 0 amide bonds. The molecule has 0 fully saturated rings. The van der Waals surface area contributed by atoms with Gasteiger partial charge in [0.25, 0.3) is 0 Å². The Labute approximate surface area is 109 Å². The topological polar surface area (TPSA) is 0 Å². The van der Waals surface area contributed by atoms with E-state index in [9.17, 15) is 0 Å². The van der Waals surface area contributed by atoms with E-state index in [4.69, 9.17) is 0 Å². The summed E-state index contributed by atoms with van der Waals surface area (Å²) in [7, 11) is 0. The van der Waals surface area contributed by atoms with E-state index in [0.29, 0.717) is 0 Å². The van der Waals surface area contributed by atoms with Crippen molar-refractivity contribution in [3.05, 3.63) is 60.7 Å². The average molecular weight is 538 g/mol. The first-order valence-corrected chi connectivity index (χ1v) is 27.1. The zero-order valence-corrected chi connectivity index (χ0v) is 15.6. The SMILES string of the molecule is [CH3][Bi]([Br])([Br])([c]1ccccc1)[c]1ccccc1. The van der Waals surface area contributed by atoms with Crippen molar-refractivity contribution in [3.8, 4) is 0 Å². The standard InChI is InChI=1S/2C6H5.CH3.Bi.2BrH/c2*1-2-4-6-5-3-1;;;;/h2*1-5H;1H3;;2*1H/q;;;+2;;/p-2. The number of rotatable bonds is 2. The van der Waals surface area contributed by atoms with Gasteiger partial charge in [-0.2, -0.15) is 0 Å². The Kier molecular flexibility index (Phi) is 3.59. The molecule has 0 nitrogen and oxygen atoms in total. The fraction of sp³-hybridized carbons (Fsp3) is 0.0769. The van der Waals surface area contributed by atoms with Crippen LogP contribution in [0.4, 0.5) is 0 Å². The average Bonchev–Trinajstić information content (AvgIpc) is 2.31. The van der Waals surface area contributed by atoms with E-state index in [1.54, 1.807) is 0 Å². The molecular weight excluding hydrogens is 525 g/mol. The minimum absolute atomic E-state index is 1.39. The van der Waals surface area contributed by atoms with Crippen LogP contribution in [0.3, 0.4) is 0 Å². The number of halogens is 2. The van der Waals surface area contributed by atoms with Crippen LogP contribution in [0.25, 0.3) is 0 Å². The van der Waals surface area contributed by atoms with E-state index in [0.717, 1.165) is 0 Å². The van der Waals surface area contributed by atoms with Crippen LogP contribution in [-0.4, -0.2) is 14.1 Å². The second kappa shape index (κ2) is 4.51. The third-order valence-electron chi connectivity index (χ3n) is 2.68. The van der Waals surface area contributed by atoms with Crippen molar-refractivity contribution >= 4 is 45.1 Å². The molecule has 0 aliphatic carbocycles. The van der Waals surface area contributed by atoms with Gasteiger partial charge in [0, 0.05) is 0 Å². The molecule has 0 unspecified atom stereocenters. The van der Waals surface area contributed by atoms with Gasteiger partial charge in [0.05, 0.1) is 0 Å². The van der Waals surface area contributed by atoms with Crippen molar-refractivity contribution in [2.45, 2.75) is 4.63 Å². The Balaban J connectivity index is 2.60. The van der Waals surface area contributed by atoms with E-state index in [2.05, 4.69) is 89.7 Å². The van der Waals surface area contributed by atoms with E-state index >= 15 is 0 Å². The van der Waals surface area contributed by atoms with Gasteiger partial charge in [-0.3, -0.25) is 0 Å². The molecule has 0 atom stereocenters. The fourth-order valence-electron chi connectivity index (χ4n) is 1.68. The third-order valence-corrected chi connectivity index (χ3v) is 28.4. The molecule has 16 heavy (non-hydrogen) atoms. The van der Waals surface area contributed by atoms with Crippen LogP contribution in [0.15, 0.2) is 60.7 Å². The Morgan fingerprint density at radius 2 is 1.00 bits per heavy atom. The molecule has 0 radical (unpaired) electrons. The summed E-state index contributed by atoms with van der Waals surface area (Å²) in [5.74, 6) is 0. The van der Waals surface area contributed by atoms with E-state index in [-0.39, 0.29) is 0 Å². The molecule has 0 aliphatic rings. The Morgan fingerprint density at radius 3 is 1.31 bits per heavy atom. The van der Waals surface area contributed by atoms with Crippen LogP contribution >= 0.6 is 24.4 Å². The summed E-state index contributed by atoms with van der Waals surface area (Å²) >= 11 is 4.75. The molecule has 2 rings (SSSR count). The summed E-state index contributed by atoms with van der Waals surface area (Å²) in [4.78, 5) is 0. The van der Waals surface area contributed by atoms with Crippen molar-refractivity contribution in [1.82, 2.24) is 0 Å². The van der Waals surface area contributed by atoms with E-state index in [1.807, 2.05) is 0 Å². The molecule has 0 aromatic heterocycles. The van der Waals surface area contributed by atoms with Gasteiger partial charge in [0.15, 0.2) is 0 Å². The first kappa shape index (κ1) is 12.7. The predicted octanol–water partition coefficient (Wildman–Crippen LogP) is 3.62. The Bertz CT molecular complexity index is 428. The molecule has 0 saturated carbocycles. The van der Waals surface area contributed by atoms with Gasteiger partial charge in [-0.1, -0.05) is 0 Å². The van der Waals surface area contributed by atoms with Crippen LogP contribution in [0.5, 0.6) is 0 Å². The van der Waals surface area contributed by atoms with Gasteiger partial charge >= 0.3 is 110 Å². The molecule has 0 saturated heterocycles. The molecular formula is C13H13BiBr2. The van der Waals surface area contributed by atoms with Crippen LogP contribution < -0.4 is 6.54 Å². The summed E-state index contributed by atoms with van der Waals surface area (Å²) in [6, 6.07) is 21.3. The quantitative estimate of drug-likeness (QED) is 0.514. The van der Waals surface area contributed by atoms with Crippen molar-refractivity contribution in [2.75, 3.05) is 0 Å². The molecule has 2 aromatic rings. The van der Waals surface area contributed by atoms with Crippen LogP contribution in [-0.2, 0) is 0 Å². The molecule has 0 heterocycles. The third kappa shape index (κ3) is 2.42. The molecule has 3 heteroatoms. The number of hydrogen-bond acceptors (Lipinski definition) is 0.